The third kappa shape index (κ3) is 9.08. The third-order valence-corrected chi connectivity index (χ3v) is 11.1. The van der Waals surface area contributed by atoms with E-state index >= 15 is 0 Å². The lowest BCUT2D eigenvalue weighted by Crippen LogP contribution is -2.41. The minimum atomic E-state index is -0.396. The van der Waals surface area contributed by atoms with Crippen molar-refractivity contribution < 1.29 is 9.31 Å². The van der Waals surface area contributed by atoms with Gasteiger partial charge in [-0.2, -0.15) is 0 Å². The van der Waals surface area contributed by atoms with Gasteiger partial charge in [0.25, 0.3) is 0 Å². The van der Waals surface area contributed by atoms with Crippen LogP contribution < -0.4 is 15.3 Å². The summed E-state index contributed by atoms with van der Waals surface area (Å²) >= 11 is 0. The van der Waals surface area contributed by atoms with Gasteiger partial charge >= 0.3 is 7.12 Å². The van der Waals surface area contributed by atoms with Crippen molar-refractivity contribution in [3.8, 4) is 0 Å². The van der Waals surface area contributed by atoms with E-state index in [1.54, 1.807) is 0 Å². The molecule has 0 radical (unpaired) electrons. The number of nitrogens with zero attached hydrogens (tertiary/aromatic N) is 2. The molecule has 5 heteroatoms. The zero-order valence-corrected chi connectivity index (χ0v) is 33.2. The van der Waals surface area contributed by atoms with Gasteiger partial charge < -0.3 is 19.1 Å². The van der Waals surface area contributed by atoms with Crippen LogP contribution in [0.25, 0.3) is 0 Å². The molecule has 5 aromatic rings. The summed E-state index contributed by atoms with van der Waals surface area (Å²) in [6, 6.07) is 45.0. The summed E-state index contributed by atoms with van der Waals surface area (Å²) in [5.74, 6) is 0. The zero-order chi connectivity index (χ0) is 37.4. The van der Waals surface area contributed by atoms with Crippen molar-refractivity contribution in [2.24, 2.45) is 0 Å². The Balaban J connectivity index is 1.35. The average molecular weight is 707 g/mol. The molecular weight excluding hydrogens is 647 g/mol. The van der Waals surface area contributed by atoms with Crippen LogP contribution in [0, 0.1) is 0 Å². The van der Waals surface area contributed by atoms with Crippen LogP contribution >= 0.6 is 0 Å². The molecule has 1 aliphatic rings. The fourth-order valence-corrected chi connectivity index (χ4v) is 6.98. The van der Waals surface area contributed by atoms with Crippen LogP contribution in [0.3, 0.4) is 0 Å². The van der Waals surface area contributed by atoms with Gasteiger partial charge in [-0.1, -0.05) is 88.6 Å². The second-order valence-corrected chi connectivity index (χ2v) is 15.7. The van der Waals surface area contributed by atoms with Crippen LogP contribution in [-0.2, 0) is 28.6 Å². The molecule has 53 heavy (non-hydrogen) atoms. The quantitative estimate of drug-likeness (QED) is 0.0954. The van der Waals surface area contributed by atoms with Crippen molar-refractivity contribution in [2.45, 2.75) is 117 Å². The first kappa shape index (κ1) is 38.4. The first-order chi connectivity index (χ1) is 25.6. The van der Waals surface area contributed by atoms with Gasteiger partial charge in [-0.05, 0) is 161 Å². The standard InChI is InChI=1S/C48H59BN2O2/c1-8-11-14-37-17-25-41(26-18-37)50(42-27-19-38(20-28-42)15-12-9-2)45-33-35-46(36-34-45)51(43-29-21-39(22-30-43)16-13-10-3)44-31-23-40(24-32-44)49-52-47(4,5)48(6,7)53-49/h17-36H,8-16H2,1-7H3. The van der Waals surface area contributed by atoms with Gasteiger partial charge in [-0.25, -0.2) is 0 Å². The Bertz CT molecular complexity index is 1800. The van der Waals surface area contributed by atoms with Crippen molar-refractivity contribution >= 4 is 46.7 Å². The number of anilines is 6. The molecule has 276 valence electrons. The van der Waals surface area contributed by atoms with Crippen molar-refractivity contribution in [1.82, 2.24) is 0 Å². The second-order valence-electron chi connectivity index (χ2n) is 15.7. The molecule has 0 aliphatic carbocycles. The number of benzene rings is 5. The Hall–Kier alpha value is -4.32. The van der Waals surface area contributed by atoms with E-state index in [1.807, 2.05) is 0 Å². The van der Waals surface area contributed by atoms with Crippen LogP contribution in [0.1, 0.15) is 104 Å². The summed E-state index contributed by atoms with van der Waals surface area (Å²) in [4.78, 5) is 4.72. The lowest BCUT2D eigenvalue weighted by atomic mass is 9.79. The molecule has 4 nitrogen and oxygen atoms in total. The topological polar surface area (TPSA) is 24.9 Å². The lowest BCUT2D eigenvalue weighted by molar-refractivity contribution is 0.00578. The fraction of sp³-hybridized carbons (Fsp3) is 0.375. The van der Waals surface area contributed by atoms with Crippen LogP contribution in [0.5, 0.6) is 0 Å². The van der Waals surface area contributed by atoms with Gasteiger partial charge in [0.15, 0.2) is 0 Å². The fourth-order valence-electron chi connectivity index (χ4n) is 6.98. The van der Waals surface area contributed by atoms with E-state index in [1.165, 1.54) is 55.2 Å². The normalized spacial score (nSPS) is 14.7. The van der Waals surface area contributed by atoms with Crippen molar-refractivity contribution in [1.29, 1.82) is 0 Å². The van der Waals surface area contributed by atoms with Crippen LogP contribution in [0.15, 0.2) is 121 Å². The highest BCUT2D eigenvalue weighted by atomic mass is 16.7. The van der Waals surface area contributed by atoms with E-state index < -0.39 is 7.12 Å². The molecule has 1 saturated heterocycles. The predicted octanol–water partition coefficient (Wildman–Crippen LogP) is 13.0. The van der Waals surface area contributed by atoms with Gasteiger partial charge in [0.1, 0.15) is 0 Å². The second kappa shape index (κ2) is 17.2. The molecule has 1 aliphatic heterocycles. The van der Waals surface area contributed by atoms with E-state index in [2.05, 4.69) is 180 Å². The van der Waals surface area contributed by atoms with Crippen molar-refractivity contribution in [3.63, 3.8) is 0 Å². The van der Waals surface area contributed by atoms with Crippen LogP contribution in [-0.4, -0.2) is 18.3 Å². The average Bonchev–Trinajstić information content (AvgIpc) is 3.40. The number of aryl methyl sites for hydroxylation is 3. The molecule has 1 heterocycles. The Labute approximate surface area is 320 Å². The zero-order valence-electron chi connectivity index (χ0n) is 33.2. The summed E-state index contributed by atoms with van der Waals surface area (Å²) in [6.45, 7) is 15.2. The van der Waals surface area contributed by atoms with E-state index in [9.17, 15) is 0 Å². The highest BCUT2D eigenvalue weighted by Gasteiger charge is 2.51. The molecule has 0 saturated carbocycles. The molecular formula is C48H59BN2O2. The molecule has 0 aromatic heterocycles. The summed E-state index contributed by atoms with van der Waals surface area (Å²) in [5, 5.41) is 0. The van der Waals surface area contributed by atoms with E-state index in [4.69, 9.17) is 9.31 Å². The molecule has 5 aromatic carbocycles. The minimum absolute atomic E-state index is 0.383. The number of rotatable bonds is 16. The number of hydrogen-bond donors (Lipinski definition) is 0. The molecule has 6 rings (SSSR count). The summed E-state index contributed by atoms with van der Waals surface area (Å²) < 4.78 is 12.8. The first-order valence-corrected chi connectivity index (χ1v) is 20.0. The number of hydrogen-bond acceptors (Lipinski definition) is 4. The smallest absolute Gasteiger partial charge is 0.399 e. The molecule has 0 bridgehead atoms. The van der Waals surface area contributed by atoms with Crippen molar-refractivity contribution in [2.75, 3.05) is 9.80 Å². The largest absolute Gasteiger partial charge is 0.494 e. The van der Waals surface area contributed by atoms with E-state index in [0.717, 1.165) is 58.8 Å². The summed E-state index contributed by atoms with van der Waals surface area (Å²) in [7, 11) is -0.396. The Morgan fingerprint density at radius 2 is 0.642 bits per heavy atom. The summed E-state index contributed by atoms with van der Waals surface area (Å²) in [5.41, 5.74) is 11.2. The SMILES string of the molecule is CCCCc1ccc(N(c2ccc(CCCC)cc2)c2ccc(N(c3ccc(CCCC)cc3)c3ccc(B4OC(C)(C)C(C)(C)O4)cc3)cc2)cc1. The van der Waals surface area contributed by atoms with Gasteiger partial charge in [-0.15, -0.1) is 0 Å². The third-order valence-electron chi connectivity index (χ3n) is 11.1. The Morgan fingerprint density at radius 3 is 0.906 bits per heavy atom. The van der Waals surface area contributed by atoms with Gasteiger partial charge in [-0.3, -0.25) is 0 Å². The van der Waals surface area contributed by atoms with E-state index in [-0.39, 0.29) is 11.2 Å². The maximum absolute atomic E-state index is 6.38. The molecule has 1 fully saturated rings. The Morgan fingerprint density at radius 1 is 0.396 bits per heavy atom. The predicted molar refractivity (Wildman–Crippen MR) is 227 cm³/mol. The molecule has 0 N–H and O–H groups in total. The first-order valence-electron chi connectivity index (χ1n) is 20.0. The monoisotopic (exact) mass is 706 g/mol. The molecule has 0 spiro atoms. The minimum Gasteiger partial charge on any atom is -0.399 e. The van der Waals surface area contributed by atoms with Crippen molar-refractivity contribution in [3.05, 3.63) is 138 Å². The molecule has 0 unspecified atom stereocenters. The maximum atomic E-state index is 6.38. The van der Waals surface area contributed by atoms with Crippen LogP contribution in [0.2, 0.25) is 0 Å². The highest BCUT2D eigenvalue weighted by molar-refractivity contribution is 6.62. The summed E-state index contributed by atoms with van der Waals surface area (Å²) in [6.07, 6.45) is 10.6. The number of unbranched alkanes of at least 4 members (excludes halogenated alkanes) is 3. The molecule has 0 amide bonds. The van der Waals surface area contributed by atoms with Crippen LogP contribution in [0.4, 0.5) is 34.1 Å². The molecule has 0 atom stereocenters. The van der Waals surface area contributed by atoms with Gasteiger partial charge in [0, 0.05) is 34.1 Å². The van der Waals surface area contributed by atoms with Gasteiger partial charge in [0.05, 0.1) is 11.2 Å². The lowest BCUT2D eigenvalue weighted by Gasteiger charge is -2.32. The van der Waals surface area contributed by atoms with Gasteiger partial charge in [0.2, 0.25) is 0 Å². The maximum Gasteiger partial charge on any atom is 0.494 e. The Kier molecular flexibility index (Phi) is 12.5. The van der Waals surface area contributed by atoms with E-state index in [0.29, 0.717) is 0 Å². The highest BCUT2D eigenvalue weighted by Crippen LogP contribution is 2.40.